The third-order valence-electron chi connectivity index (χ3n) is 10.0. The number of esters is 1. The van der Waals surface area contributed by atoms with Gasteiger partial charge in [0.05, 0.1) is 31.2 Å². The van der Waals surface area contributed by atoms with Crippen molar-refractivity contribution < 1.29 is 33.8 Å². The molecule has 4 aliphatic rings. The fraction of sp³-hybridized carbons (Fsp3) is 0.333. The van der Waals surface area contributed by atoms with Gasteiger partial charge in [0.15, 0.2) is 0 Å². The maximum atomic E-state index is 15.0. The summed E-state index contributed by atoms with van der Waals surface area (Å²) in [5.74, 6) is -4.02. The molecule has 2 N–H and O–H groups in total. The average molecular weight is 696 g/mol. The molecule has 0 radical (unpaired) electrons. The van der Waals surface area contributed by atoms with Crippen molar-refractivity contribution in [2.45, 2.75) is 49.2 Å². The first kappa shape index (κ1) is 33.7. The molecule has 11 heteroatoms. The van der Waals surface area contributed by atoms with Crippen LogP contribution in [0.15, 0.2) is 109 Å². The van der Waals surface area contributed by atoms with Gasteiger partial charge in [-0.15, -0.1) is 0 Å². The zero-order chi connectivity index (χ0) is 34.8. The number of carbonyl (C=O) groups is 4. The number of cyclic esters (lactones) is 1. The minimum Gasteiger partial charge on any atom is -0.455 e. The number of aliphatic hydroxyl groups is 1. The first-order valence-corrected chi connectivity index (χ1v) is 17.3. The first-order chi connectivity index (χ1) is 24.3. The number of anilines is 1. The molecule has 258 valence electrons. The molecular weight excluding hydrogens is 658 g/mol. The Labute approximate surface area is 295 Å². The van der Waals surface area contributed by atoms with Crippen molar-refractivity contribution in [3.63, 3.8) is 0 Å². The van der Waals surface area contributed by atoms with Crippen LogP contribution in [0.2, 0.25) is 5.02 Å². The molecule has 1 spiro atoms. The Morgan fingerprint density at radius 3 is 2.36 bits per heavy atom. The van der Waals surface area contributed by atoms with Gasteiger partial charge in [0.25, 0.3) is 5.91 Å². The smallest absolute Gasteiger partial charge is 0.313 e. The zero-order valence-electron chi connectivity index (χ0n) is 27.3. The summed E-state index contributed by atoms with van der Waals surface area (Å²) >= 11 is 6.18. The third-order valence-corrected chi connectivity index (χ3v) is 10.3. The number of hydrogen-bond donors (Lipinski definition) is 2. The van der Waals surface area contributed by atoms with Crippen LogP contribution in [-0.2, 0) is 35.1 Å². The minimum atomic E-state index is -1.56. The molecule has 0 aromatic heterocycles. The number of halogens is 1. The molecule has 0 bridgehead atoms. The number of likely N-dealkylation sites (tertiary alicyclic amines) is 1. The van der Waals surface area contributed by atoms with Gasteiger partial charge in [-0.3, -0.25) is 19.2 Å². The Morgan fingerprint density at radius 1 is 0.920 bits per heavy atom. The van der Waals surface area contributed by atoms with Crippen molar-refractivity contribution in [2.75, 3.05) is 24.6 Å². The minimum absolute atomic E-state index is 0.0488. The Morgan fingerprint density at radius 2 is 1.64 bits per heavy atom. The summed E-state index contributed by atoms with van der Waals surface area (Å²) < 4.78 is 13.0. The van der Waals surface area contributed by atoms with E-state index in [0.717, 1.165) is 5.56 Å². The van der Waals surface area contributed by atoms with E-state index in [1.165, 1.54) is 4.90 Å². The molecule has 7 rings (SSSR count). The van der Waals surface area contributed by atoms with Gasteiger partial charge in [0, 0.05) is 23.7 Å². The molecule has 10 nitrogen and oxygen atoms in total. The fourth-order valence-corrected chi connectivity index (χ4v) is 7.86. The average Bonchev–Trinajstić information content (AvgIpc) is 3.52. The quantitative estimate of drug-likeness (QED) is 0.293. The van der Waals surface area contributed by atoms with Crippen molar-refractivity contribution in [1.82, 2.24) is 10.2 Å². The van der Waals surface area contributed by atoms with Gasteiger partial charge in [0.2, 0.25) is 11.8 Å². The van der Waals surface area contributed by atoms with Gasteiger partial charge in [-0.25, -0.2) is 0 Å². The number of allylic oxidation sites excluding steroid dienone is 1. The summed E-state index contributed by atoms with van der Waals surface area (Å²) in [5.41, 5.74) is 0.570. The van der Waals surface area contributed by atoms with Crippen LogP contribution in [-0.4, -0.2) is 77.2 Å². The summed E-state index contributed by atoms with van der Waals surface area (Å²) in [4.78, 5) is 60.0. The lowest BCUT2D eigenvalue weighted by molar-refractivity contribution is -0.160. The maximum Gasteiger partial charge on any atom is 0.313 e. The Hall–Kier alpha value is -4.77. The van der Waals surface area contributed by atoms with Gasteiger partial charge < -0.3 is 29.7 Å². The predicted octanol–water partition coefficient (Wildman–Crippen LogP) is 4.18. The van der Waals surface area contributed by atoms with E-state index >= 15 is 0 Å². The molecule has 3 aromatic carbocycles. The van der Waals surface area contributed by atoms with Crippen LogP contribution < -0.4 is 10.2 Å². The van der Waals surface area contributed by atoms with Crippen LogP contribution in [0.4, 0.5) is 5.69 Å². The second-order valence-corrected chi connectivity index (χ2v) is 13.5. The van der Waals surface area contributed by atoms with Crippen LogP contribution in [0, 0.1) is 11.8 Å². The van der Waals surface area contributed by atoms with Gasteiger partial charge >= 0.3 is 5.97 Å². The van der Waals surface area contributed by atoms with Crippen molar-refractivity contribution in [3.05, 3.63) is 125 Å². The third kappa shape index (κ3) is 6.23. The van der Waals surface area contributed by atoms with Crippen molar-refractivity contribution in [2.24, 2.45) is 11.8 Å². The van der Waals surface area contributed by atoms with Gasteiger partial charge in [0.1, 0.15) is 23.7 Å². The summed E-state index contributed by atoms with van der Waals surface area (Å²) in [6.07, 6.45) is 6.11. The highest BCUT2D eigenvalue weighted by Gasteiger charge is 2.72. The number of rotatable bonds is 6. The Balaban J connectivity index is 1.33. The number of nitrogens with one attached hydrogen (secondary N) is 1. The topological polar surface area (TPSA) is 125 Å². The number of carbonyl (C=O) groups excluding carboxylic acids is 4. The van der Waals surface area contributed by atoms with E-state index in [1.54, 1.807) is 53.5 Å². The summed E-state index contributed by atoms with van der Waals surface area (Å²) in [6.45, 7) is -0.196. The van der Waals surface area contributed by atoms with Crippen molar-refractivity contribution in [3.8, 4) is 0 Å². The standard InChI is InChI=1S/C39H38ClN3O7/c40-27-16-18-28(19-17-27)42-21-9-20-39-34(36(46)43(35(39)37(42)47)29(24-44)22-25-10-3-1-4-11-25)33-30(50-39)14-7-8-15-32(45)41-23-31(49-38(33)48)26-12-5-2-6-13-26/h1-7,9-14,16-20,29-31,33-35,44H,8,15,21-24H2,(H,41,45)/b14-7-/t29-,30-,31+,33+,34+,35-,39+/m1/s1. The number of ether oxygens (including phenoxy) is 2. The largest absolute Gasteiger partial charge is 0.455 e. The van der Waals surface area contributed by atoms with Gasteiger partial charge in [-0.2, -0.15) is 0 Å². The molecule has 50 heavy (non-hydrogen) atoms. The molecule has 0 aliphatic carbocycles. The normalized spacial score (nSPS) is 29.4. The van der Waals surface area contributed by atoms with Crippen molar-refractivity contribution >= 4 is 41.0 Å². The van der Waals surface area contributed by atoms with Crippen LogP contribution >= 0.6 is 11.6 Å². The van der Waals surface area contributed by atoms with E-state index in [-0.39, 0.29) is 31.8 Å². The highest BCUT2D eigenvalue weighted by Crippen LogP contribution is 2.54. The van der Waals surface area contributed by atoms with Crippen LogP contribution in [0.5, 0.6) is 0 Å². The first-order valence-electron chi connectivity index (χ1n) is 16.9. The number of fused-ring (bicyclic) bond motifs is 2. The zero-order valence-corrected chi connectivity index (χ0v) is 28.0. The summed E-state index contributed by atoms with van der Waals surface area (Å²) in [5, 5.41) is 14.2. The highest BCUT2D eigenvalue weighted by molar-refractivity contribution is 6.30. The SMILES string of the molecule is O=C1CC/C=C\[C@H]2O[C@]34C=CCN(c5ccc(Cl)cc5)C(=O)[C@H]3N([C@@H](CO)Cc3ccccc3)C(=O)[C@@H]4[C@H]2C(=O)O[C@H](c2ccccc2)CN1. The Bertz CT molecular complexity index is 1800. The van der Waals surface area contributed by atoms with E-state index in [2.05, 4.69) is 5.32 Å². The van der Waals surface area contributed by atoms with E-state index in [1.807, 2.05) is 60.7 Å². The van der Waals surface area contributed by atoms with E-state index in [9.17, 15) is 24.3 Å². The van der Waals surface area contributed by atoms with Gasteiger partial charge in [-0.1, -0.05) is 96.6 Å². The van der Waals surface area contributed by atoms with E-state index in [0.29, 0.717) is 22.7 Å². The van der Waals surface area contributed by atoms with Crippen molar-refractivity contribution in [1.29, 1.82) is 0 Å². The van der Waals surface area contributed by atoms with Crippen LogP contribution in [0.1, 0.15) is 30.1 Å². The van der Waals surface area contributed by atoms with E-state index < -0.39 is 66.1 Å². The molecule has 3 aromatic rings. The second-order valence-electron chi connectivity index (χ2n) is 13.0. The highest BCUT2D eigenvalue weighted by atomic mass is 35.5. The number of hydrogen-bond acceptors (Lipinski definition) is 7. The Kier molecular flexibility index (Phi) is 9.59. The molecule has 3 amide bonds. The predicted molar refractivity (Wildman–Crippen MR) is 186 cm³/mol. The van der Waals surface area contributed by atoms with E-state index in [4.69, 9.17) is 21.1 Å². The van der Waals surface area contributed by atoms with Crippen LogP contribution in [0.25, 0.3) is 0 Å². The number of amides is 3. The summed E-state index contributed by atoms with van der Waals surface area (Å²) in [7, 11) is 0. The molecule has 4 aliphatic heterocycles. The number of nitrogens with zero attached hydrogens (tertiary/aromatic N) is 2. The molecular formula is C39H38ClN3O7. The lowest BCUT2D eigenvalue weighted by Gasteiger charge is -2.38. The monoisotopic (exact) mass is 695 g/mol. The molecule has 4 heterocycles. The lowest BCUT2D eigenvalue weighted by atomic mass is 9.77. The molecule has 2 saturated heterocycles. The fourth-order valence-electron chi connectivity index (χ4n) is 7.73. The van der Waals surface area contributed by atoms with Crippen LogP contribution in [0.3, 0.4) is 0 Å². The molecule has 2 fully saturated rings. The maximum absolute atomic E-state index is 15.0. The second kappa shape index (κ2) is 14.2. The number of aliphatic hydroxyl groups excluding tert-OH is 1. The lowest BCUT2D eigenvalue weighted by Crippen LogP contribution is -2.58. The molecule has 0 saturated carbocycles. The molecule has 7 atom stereocenters. The molecule has 0 unspecified atom stereocenters. The van der Waals surface area contributed by atoms with Gasteiger partial charge in [-0.05, 0) is 48.2 Å². The summed E-state index contributed by atoms with van der Waals surface area (Å²) in [6, 6.07) is 23.4. The number of benzene rings is 3.